The van der Waals surface area contributed by atoms with Gasteiger partial charge in [0.2, 0.25) is 0 Å². The van der Waals surface area contributed by atoms with E-state index >= 15 is 0 Å². The van der Waals surface area contributed by atoms with Crippen molar-refractivity contribution in [2.75, 3.05) is 5.73 Å². The molecular weight excluding hydrogens is 176 g/mol. The number of nitriles is 1. The van der Waals surface area contributed by atoms with Crippen LogP contribution in [0.4, 0.5) is 5.69 Å². The molecule has 3 nitrogen and oxygen atoms in total. The van der Waals surface area contributed by atoms with E-state index < -0.39 is 0 Å². The molecule has 0 aliphatic carbocycles. The molecule has 0 fully saturated rings. The Morgan fingerprint density at radius 3 is 2.50 bits per heavy atom. The maximum Gasteiger partial charge on any atom is 0.144 e. The Balaban J connectivity index is 3.06. The van der Waals surface area contributed by atoms with Gasteiger partial charge in [0, 0.05) is 0 Å². The predicted octanol–water partition coefficient (Wildman–Crippen LogP) is 2.32. The van der Waals surface area contributed by atoms with E-state index in [0.717, 1.165) is 0 Å². The van der Waals surface area contributed by atoms with Crippen LogP contribution in [0.25, 0.3) is 0 Å². The third-order valence-corrected chi connectivity index (χ3v) is 1.60. The number of hydrogen-bond donors (Lipinski definition) is 1. The molecule has 0 bridgehead atoms. The van der Waals surface area contributed by atoms with Gasteiger partial charge in [0.25, 0.3) is 0 Å². The Labute approximate surface area is 84.1 Å². The van der Waals surface area contributed by atoms with E-state index in [2.05, 4.69) is 0 Å². The van der Waals surface area contributed by atoms with Crippen molar-refractivity contribution in [3.8, 4) is 11.8 Å². The molecule has 0 aromatic heterocycles. The molecule has 0 aliphatic rings. The summed E-state index contributed by atoms with van der Waals surface area (Å²) in [4.78, 5) is 0. The molecule has 3 heteroatoms. The lowest BCUT2D eigenvalue weighted by atomic mass is 10.1. The molecule has 0 heterocycles. The lowest BCUT2D eigenvalue weighted by Gasteiger charge is -2.22. The fourth-order valence-corrected chi connectivity index (χ4v) is 1.06. The minimum Gasteiger partial charge on any atom is -0.486 e. The molecule has 0 aliphatic heterocycles. The molecule has 0 radical (unpaired) electrons. The quantitative estimate of drug-likeness (QED) is 0.691. The molecular formula is C11H14N2O. The van der Waals surface area contributed by atoms with Gasteiger partial charge in [-0.25, -0.2) is 0 Å². The van der Waals surface area contributed by atoms with Gasteiger partial charge in [-0.05, 0) is 32.9 Å². The van der Waals surface area contributed by atoms with Crippen molar-refractivity contribution < 1.29 is 4.74 Å². The largest absolute Gasteiger partial charge is 0.486 e. The minimum absolute atomic E-state index is 0.303. The minimum atomic E-state index is -0.303. The molecule has 0 spiro atoms. The van der Waals surface area contributed by atoms with Gasteiger partial charge in [-0.2, -0.15) is 5.26 Å². The van der Waals surface area contributed by atoms with Crippen molar-refractivity contribution in [3.63, 3.8) is 0 Å². The van der Waals surface area contributed by atoms with Crippen LogP contribution in [0.1, 0.15) is 26.3 Å². The maximum absolute atomic E-state index is 8.76. The van der Waals surface area contributed by atoms with E-state index in [1.54, 1.807) is 18.2 Å². The summed E-state index contributed by atoms with van der Waals surface area (Å²) in [6, 6.07) is 7.21. The zero-order valence-corrected chi connectivity index (χ0v) is 8.66. The zero-order chi connectivity index (χ0) is 10.8. The summed E-state index contributed by atoms with van der Waals surface area (Å²) in [7, 11) is 0. The molecule has 0 saturated carbocycles. The van der Waals surface area contributed by atoms with Gasteiger partial charge < -0.3 is 10.5 Å². The number of nitrogens with zero attached hydrogens (tertiary/aromatic N) is 1. The molecule has 2 N–H and O–H groups in total. The lowest BCUT2D eigenvalue weighted by Crippen LogP contribution is -2.23. The second kappa shape index (κ2) is 3.59. The second-order valence-electron chi connectivity index (χ2n) is 4.04. The second-order valence-corrected chi connectivity index (χ2v) is 4.04. The first-order chi connectivity index (χ1) is 6.44. The smallest absolute Gasteiger partial charge is 0.144 e. The third-order valence-electron chi connectivity index (χ3n) is 1.60. The SMILES string of the molecule is CC(C)(C)Oc1cccc(C#N)c1N. The Morgan fingerprint density at radius 1 is 1.36 bits per heavy atom. The highest BCUT2D eigenvalue weighted by molar-refractivity contribution is 5.63. The van der Waals surface area contributed by atoms with Crippen molar-refractivity contribution in [3.05, 3.63) is 23.8 Å². The number of para-hydroxylation sites is 1. The van der Waals surface area contributed by atoms with Crippen LogP contribution >= 0.6 is 0 Å². The number of anilines is 1. The summed E-state index contributed by atoms with van der Waals surface area (Å²) in [5.74, 6) is 0.566. The van der Waals surface area contributed by atoms with Crippen LogP contribution in [0.5, 0.6) is 5.75 Å². The van der Waals surface area contributed by atoms with E-state index in [1.807, 2.05) is 26.8 Å². The van der Waals surface area contributed by atoms with Gasteiger partial charge in [0.05, 0.1) is 11.3 Å². The maximum atomic E-state index is 8.76. The lowest BCUT2D eigenvalue weighted by molar-refractivity contribution is 0.132. The van der Waals surface area contributed by atoms with E-state index in [9.17, 15) is 0 Å². The Hall–Kier alpha value is -1.69. The van der Waals surface area contributed by atoms with Gasteiger partial charge in [0.15, 0.2) is 0 Å². The predicted molar refractivity (Wildman–Crippen MR) is 56.0 cm³/mol. The van der Waals surface area contributed by atoms with Crippen molar-refractivity contribution in [1.82, 2.24) is 0 Å². The number of ether oxygens (including phenoxy) is 1. The van der Waals surface area contributed by atoms with Crippen LogP contribution in [0.15, 0.2) is 18.2 Å². The summed E-state index contributed by atoms with van der Waals surface area (Å²) >= 11 is 0. The average Bonchev–Trinajstić information content (AvgIpc) is 2.06. The first-order valence-electron chi connectivity index (χ1n) is 4.41. The van der Waals surface area contributed by atoms with Crippen molar-refractivity contribution in [1.29, 1.82) is 5.26 Å². The summed E-state index contributed by atoms with van der Waals surface area (Å²) < 4.78 is 5.60. The number of benzene rings is 1. The normalized spacial score (nSPS) is 10.7. The summed E-state index contributed by atoms with van der Waals surface area (Å²) in [6.07, 6.45) is 0. The topological polar surface area (TPSA) is 59.0 Å². The van der Waals surface area contributed by atoms with Gasteiger partial charge in [-0.15, -0.1) is 0 Å². The number of nitrogen functional groups attached to an aromatic ring is 1. The molecule has 1 aromatic rings. The van der Waals surface area contributed by atoms with Gasteiger partial charge in [0.1, 0.15) is 17.4 Å². The monoisotopic (exact) mass is 190 g/mol. The number of nitrogens with two attached hydrogens (primary N) is 1. The van der Waals surface area contributed by atoms with Crippen molar-refractivity contribution >= 4 is 5.69 Å². The van der Waals surface area contributed by atoms with E-state index in [-0.39, 0.29) is 5.60 Å². The Bertz CT molecular complexity index is 372. The highest BCUT2D eigenvalue weighted by Crippen LogP contribution is 2.27. The fourth-order valence-electron chi connectivity index (χ4n) is 1.06. The molecule has 0 unspecified atom stereocenters. The number of rotatable bonds is 1. The highest BCUT2D eigenvalue weighted by Gasteiger charge is 2.14. The highest BCUT2D eigenvalue weighted by atomic mass is 16.5. The standard InChI is InChI=1S/C11H14N2O/c1-11(2,3)14-9-6-4-5-8(7-12)10(9)13/h4-6H,13H2,1-3H3. The fraction of sp³-hybridized carbons (Fsp3) is 0.364. The number of hydrogen-bond acceptors (Lipinski definition) is 3. The van der Waals surface area contributed by atoms with E-state index in [4.69, 9.17) is 15.7 Å². The zero-order valence-electron chi connectivity index (χ0n) is 8.66. The van der Waals surface area contributed by atoms with Crippen molar-refractivity contribution in [2.45, 2.75) is 26.4 Å². The van der Waals surface area contributed by atoms with Gasteiger partial charge >= 0.3 is 0 Å². The van der Waals surface area contributed by atoms with Crippen LogP contribution in [0, 0.1) is 11.3 Å². The summed E-state index contributed by atoms with van der Waals surface area (Å²) in [5, 5.41) is 8.76. The molecule has 1 rings (SSSR count). The van der Waals surface area contributed by atoms with Crippen LogP contribution in [0.2, 0.25) is 0 Å². The third kappa shape index (κ3) is 2.40. The summed E-state index contributed by atoms with van der Waals surface area (Å²) in [5.41, 5.74) is 6.31. The van der Waals surface area contributed by atoms with E-state index in [0.29, 0.717) is 17.0 Å². The molecule has 74 valence electrons. The first kappa shape index (κ1) is 10.4. The van der Waals surface area contributed by atoms with Crippen LogP contribution in [0.3, 0.4) is 0 Å². The molecule has 0 atom stereocenters. The molecule has 0 saturated heterocycles. The Kier molecular flexibility index (Phi) is 2.66. The average molecular weight is 190 g/mol. The first-order valence-corrected chi connectivity index (χ1v) is 4.41. The van der Waals surface area contributed by atoms with Crippen molar-refractivity contribution in [2.24, 2.45) is 0 Å². The molecule has 0 amide bonds. The molecule has 14 heavy (non-hydrogen) atoms. The van der Waals surface area contributed by atoms with Crippen LogP contribution in [-0.4, -0.2) is 5.60 Å². The summed E-state index contributed by atoms with van der Waals surface area (Å²) in [6.45, 7) is 5.81. The van der Waals surface area contributed by atoms with E-state index in [1.165, 1.54) is 0 Å². The van der Waals surface area contributed by atoms with Crippen LogP contribution < -0.4 is 10.5 Å². The Morgan fingerprint density at radius 2 is 2.00 bits per heavy atom. The van der Waals surface area contributed by atoms with Crippen LogP contribution in [-0.2, 0) is 0 Å². The van der Waals surface area contributed by atoms with Gasteiger partial charge in [-0.1, -0.05) is 6.07 Å². The van der Waals surface area contributed by atoms with Gasteiger partial charge in [-0.3, -0.25) is 0 Å². The molecule has 1 aromatic carbocycles.